The number of nitro groups is 1. The molecule has 0 bridgehead atoms. The summed E-state index contributed by atoms with van der Waals surface area (Å²) in [6.07, 6.45) is 4.14. The van der Waals surface area contributed by atoms with Crippen LogP contribution in [0.5, 0.6) is 0 Å². The molecule has 0 aliphatic carbocycles. The van der Waals surface area contributed by atoms with Crippen LogP contribution in [0.4, 0.5) is 17.2 Å². The van der Waals surface area contributed by atoms with Crippen LogP contribution in [-0.2, 0) is 11.8 Å². The highest BCUT2D eigenvalue weighted by Gasteiger charge is 2.29. The molecular weight excluding hydrogens is 474 g/mol. The minimum Gasteiger partial charge on any atom is -0.344 e. The number of carbonyl (C=O) groups excluding carboxylic acids is 1. The van der Waals surface area contributed by atoms with Crippen LogP contribution in [0, 0.1) is 35.3 Å². The first-order valence-corrected chi connectivity index (χ1v) is 10.8. The van der Waals surface area contributed by atoms with Gasteiger partial charge in [-0.1, -0.05) is 13.0 Å². The van der Waals surface area contributed by atoms with Gasteiger partial charge < -0.3 is 4.57 Å². The standard InChI is InChI=1S/C23H22BrN5O3/c1-5-6-20(30)28(23-21(29(31)32)14(2)9-10-26-23)16-7-8-17(15(3)11-16)19-13-27(4)22(24)18(19)12-25/h7-11,13H,5-6H2,1-4H3. The van der Waals surface area contributed by atoms with Crippen LogP contribution in [-0.4, -0.2) is 20.4 Å². The van der Waals surface area contributed by atoms with Gasteiger partial charge in [-0.25, -0.2) is 4.98 Å². The smallest absolute Gasteiger partial charge is 0.315 e. The Kier molecular flexibility index (Phi) is 6.75. The van der Waals surface area contributed by atoms with Crippen LogP contribution in [0.1, 0.15) is 36.5 Å². The SMILES string of the molecule is CCCC(=O)N(c1ccc(-c2cn(C)c(Br)c2C#N)c(C)c1)c1nccc(C)c1[N+](=O)[O-]. The zero-order chi connectivity index (χ0) is 23.6. The second-order valence-corrected chi connectivity index (χ2v) is 8.22. The molecule has 9 heteroatoms. The second-order valence-electron chi connectivity index (χ2n) is 7.47. The lowest BCUT2D eigenvalue weighted by atomic mass is 9.99. The summed E-state index contributed by atoms with van der Waals surface area (Å²) in [7, 11) is 1.84. The van der Waals surface area contributed by atoms with Gasteiger partial charge in [0.1, 0.15) is 10.7 Å². The van der Waals surface area contributed by atoms with Gasteiger partial charge in [-0.15, -0.1) is 0 Å². The first-order valence-electron chi connectivity index (χ1n) is 10.00. The van der Waals surface area contributed by atoms with Crippen molar-refractivity contribution >= 4 is 39.0 Å². The summed E-state index contributed by atoms with van der Waals surface area (Å²) >= 11 is 3.43. The Morgan fingerprint density at radius 3 is 2.59 bits per heavy atom. The molecular formula is C23H22BrN5O3. The Bertz CT molecular complexity index is 1260. The molecule has 0 saturated carbocycles. The van der Waals surface area contributed by atoms with Crippen molar-refractivity contribution < 1.29 is 9.72 Å². The number of halogens is 1. The fourth-order valence-electron chi connectivity index (χ4n) is 3.64. The third kappa shape index (κ3) is 4.14. The van der Waals surface area contributed by atoms with E-state index in [1.54, 1.807) is 25.1 Å². The molecule has 0 N–H and O–H groups in total. The molecule has 0 aliphatic heterocycles. The number of aromatic nitrogens is 2. The molecule has 0 aliphatic rings. The van der Waals surface area contributed by atoms with Gasteiger partial charge in [-0.05, 0) is 65.5 Å². The molecule has 1 amide bonds. The number of benzene rings is 1. The number of hydrogen-bond donors (Lipinski definition) is 0. The fourth-order valence-corrected chi connectivity index (χ4v) is 4.04. The van der Waals surface area contributed by atoms with E-state index in [4.69, 9.17) is 0 Å². The lowest BCUT2D eigenvalue weighted by Crippen LogP contribution is -2.27. The normalized spacial score (nSPS) is 10.6. The number of pyridine rings is 1. The van der Waals surface area contributed by atoms with Crippen molar-refractivity contribution in [1.29, 1.82) is 5.26 Å². The van der Waals surface area contributed by atoms with Crippen LogP contribution in [0.15, 0.2) is 41.3 Å². The largest absolute Gasteiger partial charge is 0.344 e. The topological polar surface area (TPSA) is 105 Å². The summed E-state index contributed by atoms with van der Waals surface area (Å²) in [5.74, 6) is -0.276. The van der Waals surface area contributed by atoms with Gasteiger partial charge in [0.25, 0.3) is 0 Å². The van der Waals surface area contributed by atoms with Gasteiger partial charge in [0.15, 0.2) is 0 Å². The Morgan fingerprint density at radius 1 is 1.28 bits per heavy atom. The van der Waals surface area contributed by atoms with Crippen molar-refractivity contribution in [3.8, 4) is 17.2 Å². The number of nitriles is 1. The maximum Gasteiger partial charge on any atom is 0.315 e. The number of carbonyl (C=O) groups is 1. The zero-order valence-electron chi connectivity index (χ0n) is 18.2. The third-order valence-electron chi connectivity index (χ3n) is 5.19. The maximum absolute atomic E-state index is 13.1. The first-order chi connectivity index (χ1) is 15.2. The van der Waals surface area contributed by atoms with Crippen molar-refractivity contribution in [2.45, 2.75) is 33.6 Å². The Hall–Kier alpha value is -3.51. The van der Waals surface area contributed by atoms with Crippen LogP contribution in [0.3, 0.4) is 0 Å². The second kappa shape index (κ2) is 9.32. The van der Waals surface area contributed by atoms with Crippen LogP contribution >= 0.6 is 15.9 Å². The summed E-state index contributed by atoms with van der Waals surface area (Å²) in [6.45, 7) is 5.37. The lowest BCUT2D eigenvalue weighted by Gasteiger charge is -2.23. The molecule has 0 saturated heterocycles. The molecule has 3 rings (SSSR count). The average Bonchev–Trinajstić information content (AvgIpc) is 3.02. The van der Waals surface area contributed by atoms with E-state index >= 15 is 0 Å². The summed E-state index contributed by atoms with van der Waals surface area (Å²) in [5.41, 5.74) is 3.64. The maximum atomic E-state index is 13.1. The van der Waals surface area contributed by atoms with Gasteiger partial charge in [0.2, 0.25) is 11.7 Å². The van der Waals surface area contributed by atoms with Crippen molar-refractivity contribution in [3.05, 3.63) is 68.1 Å². The fraction of sp³-hybridized carbons (Fsp3) is 0.261. The molecule has 3 aromatic rings. The Balaban J connectivity index is 2.19. The molecule has 0 fully saturated rings. The van der Waals surface area contributed by atoms with Crippen molar-refractivity contribution in [3.63, 3.8) is 0 Å². The van der Waals surface area contributed by atoms with Crippen molar-refractivity contribution in [1.82, 2.24) is 9.55 Å². The molecule has 0 unspecified atom stereocenters. The first kappa shape index (κ1) is 23.2. The van der Waals surface area contributed by atoms with E-state index < -0.39 is 4.92 Å². The molecule has 1 aromatic carbocycles. The van der Waals surface area contributed by atoms with Gasteiger partial charge in [-0.3, -0.25) is 19.8 Å². The molecule has 0 atom stereocenters. The molecule has 0 radical (unpaired) electrons. The van der Waals surface area contributed by atoms with E-state index in [0.717, 1.165) is 16.7 Å². The van der Waals surface area contributed by atoms with Crippen LogP contribution in [0.25, 0.3) is 11.1 Å². The van der Waals surface area contributed by atoms with E-state index in [9.17, 15) is 20.2 Å². The van der Waals surface area contributed by atoms with Crippen LogP contribution in [0.2, 0.25) is 0 Å². The number of hydrogen-bond acceptors (Lipinski definition) is 5. The van der Waals surface area contributed by atoms with Gasteiger partial charge in [0, 0.05) is 37.0 Å². The minimum absolute atomic E-state index is 0.000712. The van der Waals surface area contributed by atoms with E-state index in [0.29, 0.717) is 27.8 Å². The molecule has 2 aromatic heterocycles. The van der Waals surface area contributed by atoms with Crippen molar-refractivity contribution in [2.24, 2.45) is 7.05 Å². The highest BCUT2D eigenvalue weighted by atomic mass is 79.9. The number of nitrogens with zero attached hydrogens (tertiary/aromatic N) is 5. The monoisotopic (exact) mass is 495 g/mol. The van der Waals surface area contributed by atoms with E-state index in [-0.39, 0.29) is 23.8 Å². The number of aryl methyl sites for hydroxylation is 3. The van der Waals surface area contributed by atoms with Gasteiger partial charge in [-0.2, -0.15) is 5.26 Å². The summed E-state index contributed by atoms with van der Waals surface area (Å²) in [4.78, 5) is 29.8. The van der Waals surface area contributed by atoms with E-state index in [1.807, 2.05) is 37.7 Å². The number of rotatable bonds is 6. The number of anilines is 2. The predicted molar refractivity (Wildman–Crippen MR) is 126 cm³/mol. The summed E-state index contributed by atoms with van der Waals surface area (Å²) < 4.78 is 2.50. The predicted octanol–water partition coefficient (Wildman–Crippen LogP) is 5.71. The highest BCUT2D eigenvalue weighted by molar-refractivity contribution is 9.10. The average molecular weight is 496 g/mol. The summed E-state index contributed by atoms with van der Waals surface area (Å²) in [5, 5.41) is 21.3. The van der Waals surface area contributed by atoms with Gasteiger partial charge >= 0.3 is 5.69 Å². The quantitative estimate of drug-likeness (QED) is 0.321. The minimum atomic E-state index is -0.508. The summed E-state index contributed by atoms with van der Waals surface area (Å²) in [6, 6.07) is 9.11. The van der Waals surface area contributed by atoms with Crippen molar-refractivity contribution in [2.75, 3.05) is 4.90 Å². The molecule has 2 heterocycles. The lowest BCUT2D eigenvalue weighted by molar-refractivity contribution is -0.384. The van der Waals surface area contributed by atoms with E-state index in [1.165, 1.54) is 11.1 Å². The Labute approximate surface area is 194 Å². The molecule has 0 spiro atoms. The third-order valence-corrected chi connectivity index (χ3v) is 6.15. The highest BCUT2D eigenvalue weighted by Crippen LogP contribution is 2.38. The Morgan fingerprint density at radius 2 is 2.00 bits per heavy atom. The van der Waals surface area contributed by atoms with E-state index in [2.05, 4.69) is 27.0 Å². The molecule has 8 nitrogen and oxygen atoms in total. The van der Waals surface area contributed by atoms with Crippen LogP contribution < -0.4 is 4.90 Å². The molecule has 164 valence electrons. The zero-order valence-corrected chi connectivity index (χ0v) is 19.8. The number of amides is 1. The van der Waals surface area contributed by atoms with Gasteiger partial charge in [0.05, 0.1) is 16.2 Å². The molecule has 32 heavy (non-hydrogen) atoms.